The fourth-order valence-corrected chi connectivity index (χ4v) is 5.85. The van der Waals surface area contributed by atoms with Crippen molar-refractivity contribution in [3.8, 4) is 18.4 Å². The highest BCUT2D eigenvalue weighted by atomic mass is 35.5. The summed E-state index contributed by atoms with van der Waals surface area (Å²) < 4.78 is 7.97. The number of piperazine rings is 1. The Bertz CT molecular complexity index is 1560. The maximum Gasteiger partial charge on any atom is 0.319 e. The van der Waals surface area contributed by atoms with Crippen LogP contribution in [0, 0.1) is 12.3 Å². The number of aromatic nitrogens is 4. The summed E-state index contributed by atoms with van der Waals surface area (Å²) in [6.45, 7) is 2.56. The first-order valence-electron chi connectivity index (χ1n) is 13.2. The minimum atomic E-state index is 0.274. The van der Waals surface area contributed by atoms with E-state index in [-0.39, 0.29) is 6.01 Å². The fourth-order valence-electron chi connectivity index (χ4n) is 5.55. The zero-order chi connectivity index (χ0) is 26.8. The molecule has 0 saturated carbocycles. The number of aliphatic imine (C=N–C) groups is 1. The SMILES string of the molecule is C#Cc1nc(OCCc2nccn2C)nc(N2CC3CCC(C2)N3)c1/C=N\Cc1cccc2cccc(Cl)c12. The van der Waals surface area contributed by atoms with E-state index >= 15 is 0 Å². The Morgan fingerprint density at radius 2 is 1.97 bits per heavy atom. The molecule has 8 nitrogen and oxygen atoms in total. The second-order valence-corrected chi connectivity index (χ2v) is 10.5. The molecule has 9 heteroatoms. The van der Waals surface area contributed by atoms with Crippen molar-refractivity contribution in [3.63, 3.8) is 0 Å². The minimum absolute atomic E-state index is 0.274. The molecule has 1 N–H and O–H groups in total. The summed E-state index contributed by atoms with van der Waals surface area (Å²) in [5.74, 6) is 4.45. The van der Waals surface area contributed by atoms with Crippen LogP contribution in [-0.4, -0.2) is 57.5 Å². The third-order valence-corrected chi connectivity index (χ3v) is 7.77. The van der Waals surface area contributed by atoms with Gasteiger partial charge in [-0.25, -0.2) is 4.98 Å². The smallest absolute Gasteiger partial charge is 0.319 e. The van der Waals surface area contributed by atoms with Gasteiger partial charge in [-0.15, -0.1) is 6.42 Å². The van der Waals surface area contributed by atoms with E-state index in [0.29, 0.717) is 37.4 Å². The van der Waals surface area contributed by atoms with Crippen molar-refractivity contribution in [1.82, 2.24) is 24.8 Å². The van der Waals surface area contributed by atoms with Crippen LogP contribution in [0.4, 0.5) is 5.82 Å². The van der Waals surface area contributed by atoms with Crippen LogP contribution in [0.25, 0.3) is 10.8 Å². The molecule has 2 aromatic heterocycles. The number of ether oxygens (including phenoxy) is 1. The number of hydrogen-bond donors (Lipinski definition) is 1. The lowest BCUT2D eigenvalue weighted by atomic mass is 10.0. The molecule has 0 aliphatic carbocycles. The van der Waals surface area contributed by atoms with Crippen LogP contribution < -0.4 is 15.0 Å². The predicted octanol–water partition coefficient (Wildman–Crippen LogP) is 4.18. The average Bonchev–Trinajstić information content (AvgIpc) is 3.52. The Labute approximate surface area is 233 Å². The Balaban J connectivity index is 1.30. The van der Waals surface area contributed by atoms with Gasteiger partial charge in [-0.05, 0) is 35.8 Å². The highest BCUT2D eigenvalue weighted by molar-refractivity contribution is 6.35. The number of aryl methyl sites for hydroxylation is 1. The Hall–Kier alpha value is -3.93. The van der Waals surface area contributed by atoms with Gasteiger partial charge in [0.1, 0.15) is 17.3 Å². The molecule has 39 heavy (non-hydrogen) atoms. The minimum Gasteiger partial charge on any atom is -0.463 e. The van der Waals surface area contributed by atoms with Crippen molar-refractivity contribution in [2.45, 2.75) is 37.9 Å². The number of anilines is 1. The van der Waals surface area contributed by atoms with E-state index in [9.17, 15) is 0 Å². The Morgan fingerprint density at radius 3 is 2.72 bits per heavy atom. The lowest BCUT2D eigenvalue weighted by Gasteiger charge is -2.34. The number of benzene rings is 2. The van der Waals surface area contributed by atoms with E-state index in [2.05, 4.69) is 44.3 Å². The van der Waals surface area contributed by atoms with Crippen LogP contribution in [0.15, 0.2) is 53.8 Å². The summed E-state index contributed by atoms with van der Waals surface area (Å²) in [5, 5.41) is 6.51. The number of rotatable bonds is 8. The molecule has 2 aromatic carbocycles. The largest absolute Gasteiger partial charge is 0.463 e. The lowest BCUT2D eigenvalue weighted by Crippen LogP contribution is -2.51. The third kappa shape index (κ3) is 5.33. The number of halogens is 1. The summed E-state index contributed by atoms with van der Waals surface area (Å²) in [4.78, 5) is 20.9. The standard InChI is InChI=1S/C30H30ClN7O/c1-3-26-24(17-32-16-21-8-4-6-20-7-5-9-25(31)28(20)21)29(38-18-22-10-11-23(19-38)34-22)36-30(35-26)39-15-12-27-33-13-14-37(27)2/h1,4-9,13-14,17,22-23,34H,10-12,15-16,18-19H2,2H3/b32-17-. The number of fused-ring (bicyclic) bond motifs is 3. The molecule has 2 bridgehead atoms. The van der Waals surface area contributed by atoms with Crippen LogP contribution >= 0.6 is 11.6 Å². The van der Waals surface area contributed by atoms with Crippen molar-refractivity contribution < 1.29 is 4.74 Å². The normalized spacial score (nSPS) is 18.6. The second kappa shape index (κ2) is 11.0. The van der Waals surface area contributed by atoms with Crippen LogP contribution in [-0.2, 0) is 20.0 Å². The summed E-state index contributed by atoms with van der Waals surface area (Å²) in [6, 6.07) is 13.2. The second-order valence-electron chi connectivity index (χ2n) is 10.1. The molecule has 2 unspecified atom stereocenters. The van der Waals surface area contributed by atoms with E-state index in [4.69, 9.17) is 32.7 Å². The molecular formula is C30H30ClN7O. The van der Waals surface area contributed by atoms with Gasteiger partial charge in [-0.3, -0.25) is 4.99 Å². The van der Waals surface area contributed by atoms with Gasteiger partial charge in [0.15, 0.2) is 0 Å². The molecule has 6 rings (SSSR count). The molecule has 2 aliphatic heterocycles. The highest BCUT2D eigenvalue weighted by Crippen LogP contribution is 2.30. The molecule has 2 aliphatic rings. The topological polar surface area (TPSA) is 80.5 Å². The molecule has 0 spiro atoms. The monoisotopic (exact) mass is 539 g/mol. The van der Waals surface area contributed by atoms with Gasteiger partial charge in [0.2, 0.25) is 0 Å². The van der Waals surface area contributed by atoms with E-state index in [1.165, 1.54) is 0 Å². The Morgan fingerprint density at radius 1 is 1.18 bits per heavy atom. The van der Waals surface area contributed by atoms with Crippen molar-refractivity contribution in [2.24, 2.45) is 12.0 Å². The average molecular weight is 540 g/mol. The molecule has 2 fully saturated rings. The lowest BCUT2D eigenvalue weighted by molar-refractivity contribution is 0.292. The molecule has 4 heterocycles. The van der Waals surface area contributed by atoms with Gasteiger partial charge in [0.05, 0.1) is 18.7 Å². The van der Waals surface area contributed by atoms with Crippen molar-refractivity contribution >= 4 is 34.4 Å². The summed E-state index contributed by atoms with van der Waals surface area (Å²) in [6.07, 6.45) is 14.4. The van der Waals surface area contributed by atoms with Crippen molar-refractivity contribution in [2.75, 3.05) is 24.6 Å². The van der Waals surface area contributed by atoms with E-state index < -0.39 is 0 Å². The van der Waals surface area contributed by atoms with Gasteiger partial charge in [-0.1, -0.05) is 41.9 Å². The maximum atomic E-state index is 6.54. The van der Waals surface area contributed by atoms with E-state index in [0.717, 1.165) is 64.5 Å². The molecular weight excluding hydrogens is 510 g/mol. The van der Waals surface area contributed by atoms with Gasteiger partial charge < -0.3 is 19.5 Å². The van der Waals surface area contributed by atoms with Gasteiger partial charge in [-0.2, -0.15) is 9.97 Å². The van der Waals surface area contributed by atoms with Gasteiger partial charge in [0, 0.05) is 67.7 Å². The third-order valence-electron chi connectivity index (χ3n) is 7.46. The molecule has 0 radical (unpaired) electrons. The van der Waals surface area contributed by atoms with Crippen LogP contribution in [0.2, 0.25) is 5.02 Å². The first-order valence-corrected chi connectivity index (χ1v) is 13.6. The number of imidazole rings is 1. The number of hydrogen-bond acceptors (Lipinski definition) is 7. The summed E-state index contributed by atoms with van der Waals surface area (Å²) in [7, 11) is 1.96. The van der Waals surface area contributed by atoms with Crippen LogP contribution in [0.1, 0.15) is 35.5 Å². The first kappa shape index (κ1) is 25.4. The number of terminal acetylenes is 1. The fraction of sp³-hybridized carbons (Fsp3) is 0.333. The summed E-state index contributed by atoms with van der Waals surface area (Å²) >= 11 is 6.54. The van der Waals surface area contributed by atoms with Gasteiger partial charge >= 0.3 is 6.01 Å². The maximum absolute atomic E-state index is 6.54. The number of nitrogens with zero attached hydrogens (tertiary/aromatic N) is 6. The molecule has 2 atom stereocenters. The molecule has 0 amide bonds. The van der Waals surface area contributed by atoms with Crippen LogP contribution in [0.5, 0.6) is 6.01 Å². The van der Waals surface area contributed by atoms with Crippen molar-refractivity contribution in [3.05, 3.63) is 76.5 Å². The first-order chi connectivity index (χ1) is 19.1. The van der Waals surface area contributed by atoms with E-state index in [1.54, 1.807) is 6.20 Å². The molecule has 2 saturated heterocycles. The number of nitrogens with one attached hydrogen (secondary N) is 1. The van der Waals surface area contributed by atoms with Gasteiger partial charge in [0.25, 0.3) is 0 Å². The highest BCUT2D eigenvalue weighted by Gasteiger charge is 2.34. The zero-order valence-corrected chi connectivity index (χ0v) is 22.6. The summed E-state index contributed by atoms with van der Waals surface area (Å²) in [5.41, 5.74) is 2.26. The van der Waals surface area contributed by atoms with Crippen LogP contribution in [0.3, 0.4) is 0 Å². The van der Waals surface area contributed by atoms with E-state index in [1.807, 2.05) is 42.2 Å². The predicted molar refractivity (Wildman–Crippen MR) is 155 cm³/mol. The zero-order valence-electron chi connectivity index (χ0n) is 21.8. The molecule has 198 valence electrons. The molecule has 4 aromatic rings. The Kier molecular flexibility index (Phi) is 7.18. The van der Waals surface area contributed by atoms with Crippen molar-refractivity contribution in [1.29, 1.82) is 0 Å². The quantitative estimate of drug-likeness (QED) is 0.267.